The lowest BCUT2D eigenvalue weighted by Crippen LogP contribution is -2.43. The first-order valence-electron chi connectivity index (χ1n) is 8.78. The molecule has 1 aliphatic carbocycles. The molecule has 25 heavy (non-hydrogen) atoms. The van der Waals surface area contributed by atoms with E-state index in [-0.39, 0.29) is 0 Å². The summed E-state index contributed by atoms with van der Waals surface area (Å²) in [7, 11) is -3.41. The summed E-state index contributed by atoms with van der Waals surface area (Å²) in [6.07, 6.45) is 2.41. The number of ether oxygens (including phenoxy) is 1. The lowest BCUT2D eigenvalue weighted by atomic mass is 9.94. The van der Waals surface area contributed by atoms with Gasteiger partial charge < -0.3 is 4.74 Å². The third-order valence-electron chi connectivity index (χ3n) is 4.99. The van der Waals surface area contributed by atoms with E-state index in [1.54, 1.807) is 4.31 Å². The van der Waals surface area contributed by atoms with Gasteiger partial charge in [0.25, 0.3) is 0 Å². The number of hydrogen-bond donors (Lipinski definition) is 0. The van der Waals surface area contributed by atoms with Gasteiger partial charge in [0.05, 0.1) is 24.6 Å². The van der Waals surface area contributed by atoms with Crippen molar-refractivity contribution in [1.82, 2.24) is 9.29 Å². The van der Waals surface area contributed by atoms with Crippen LogP contribution >= 0.6 is 0 Å². The summed E-state index contributed by atoms with van der Waals surface area (Å²) in [6.45, 7) is 1.81. The average Bonchev–Trinajstić information content (AvgIpc) is 2.68. The van der Waals surface area contributed by atoms with Gasteiger partial charge in [0.1, 0.15) is 5.25 Å². The Bertz CT molecular complexity index is 846. The fraction of sp³-hybridized carbons (Fsp3) is 0.421. The van der Waals surface area contributed by atoms with E-state index in [2.05, 4.69) is 0 Å². The fourth-order valence-electron chi connectivity index (χ4n) is 3.65. The van der Waals surface area contributed by atoms with Crippen LogP contribution in [0.3, 0.4) is 0 Å². The third kappa shape index (κ3) is 3.21. The third-order valence-corrected chi connectivity index (χ3v) is 7.25. The Morgan fingerprint density at radius 2 is 1.80 bits per heavy atom. The van der Waals surface area contributed by atoms with E-state index in [0.29, 0.717) is 32.7 Å². The van der Waals surface area contributed by atoms with Gasteiger partial charge in [0, 0.05) is 18.7 Å². The molecule has 0 amide bonds. The first kappa shape index (κ1) is 16.7. The van der Waals surface area contributed by atoms with Gasteiger partial charge in [-0.1, -0.05) is 36.4 Å². The number of sulfonamides is 1. The molecule has 1 atom stereocenters. The lowest BCUT2D eigenvalue weighted by molar-refractivity contribution is 0.0724. The van der Waals surface area contributed by atoms with Gasteiger partial charge in [-0.05, 0) is 30.9 Å². The molecular weight excluding hydrogens is 336 g/mol. The Morgan fingerprint density at radius 3 is 2.56 bits per heavy atom. The van der Waals surface area contributed by atoms with Crippen molar-refractivity contribution in [3.63, 3.8) is 0 Å². The van der Waals surface area contributed by atoms with Gasteiger partial charge in [-0.25, -0.2) is 8.42 Å². The van der Waals surface area contributed by atoms with E-state index >= 15 is 0 Å². The molecule has 1 unspecified atom stereocenters. The van der Waals surface area contributed by atoms with Crippen LogP contribution in [0.15, 0.2) is 42.5 Å². The molecule has 6 heteroatoms. The van der Waals surface area contributed by atoms with Crippen LogP contribution in [0.1, 0.15) is 29.3 Å². The number of pyridine rings is 1. The Morgan fingerprint density at radius 1 is 1.04 bits per heavy atom. The zero-order valence-electron chi connectivity index (χ0n) is 14.1. The fourth-order valence-corrected chi connectivity index (χ4v) is 5.62. The number of aromatic nitrogens is 1. The maximum atomic E-state index is 13.2. The molecule has 0 N–H and O–H groups in total. The largest absolute Gasteiger partial charge is 0.379 e. The van der Waals surface area contributed by atoms with Gasteiger partial charge in [-0.2, -0.15) is 4.31 Å². The number of fused-ring (bicyclic) bond motifs is 1. The topological polar surface area (TPSA) is 59.5 Å². The van der Waals surface area contributed by atoms with Crippen LogP contribution in [0.4, 0.5) is 0 Å². The summed E-state index contributed by atoms with van der Waals surface area (Å²) < 4.78 is 33.2. The first-order valence-corrected chi connectivity index (χ1v) is 10.3. The molecule has 1 aromatic carbocycles. The zero-order valence-corrected chi connectivity index (χ0v) is 14.9. The Kier molecular flexibility index (Phi) is 4.58. The molecule has 1 fully saturated rings. The van der Waals surface area contributed by atoms with Gasteiger partial charge >= 0.3 is 0 Å². The Labute approximate surface area is 148 Å². The molecular formula is C19H22N2O3S. The second-order valence-corrected chi connectivity index (χ2v) is 8.66. The summed E-state index contributed by atoms with van der Waals surface area (Å²) in [5.41, 5.74) is 3.65. The predicted molar refractivity (Wildman–Crippen MR) is 96.7 cm³/mol. The van der Waals surface area contributed by atoms with E-state index in [1.807, 2.05) is 42.5 Å². The van der Waals surface area contributed by atoms with Crippen LogP contribution in [0, 0.1) is 0 Å². The standard InChI is InChI=1S/C19H22N2O3S/c22-25(23,21-11-13-24-14-12-21)18-8-4-7-16-9-10-17(20-19(16)18)15-5-2-1-3-6-15/h1-3,5-6,9-10,18H,4,7-8,11-14H2. The minimum atomic E-state index is -3.41. The summed E-state index contributed by atoms with van der Waals surface area (Å²) >= 11 is 0. The highest BCUT2D eigenvalue weighted by Crippen LogP contribution is 2.37. The van der Waals surface area contributed by atoms with Crippen molar-refractivity contribution in [2.75, 3.05) is 26.3 Å². The second-order valence-electron chi connectivity index (χ2n) is 6.54. The highest BCUT2D eigenvalue weighted by Gasteiger charge is 2.38. The quantitative estimate of drug-likeness (QED) is 0.846. The van der Waals surface area contributed by atoms with Crippen molar-refractivity contribution in [3.05, 3.63) is 53.7 Å². The second kappa shape index (κ2) is 6.86. The molecule has 132 valence electrons. The van der Waals surface area contributed by atoms with Crippen molar-refractivity contribution in [2.24, 2.45) is 0 Å². The molecule has 0 radical (unpaired) electrons. The van der Waals surface area contributed by atoms with Crippen LogP contribution in [-0.4, -0.2) is 44.0 Å². The summed E-state index contributed by atoms with van der Waals surface area (Å²) in [4.78, 5) is 4.79. The van der Waals surface area contributed by atoms with Crippen molar-refractivity contribution in [2.45, 2.75) is 24.5 Å². The number of hydrogen-bond acceptors (Lipinski definition) is 4. The molecule has 2 heterocycles. The van der Waals surface area contributed by atoms with Gasteiger partial charge in [-0.3, -0.25) is 4.98 Å². The van der Waals surface area contributed by atoms with E-state index in [9.17, 15) is 8.42 Å². The normalized spacial score (nSPS) is 21.7. The molecule has 2 aliphatic rings. The van der Waals surface area contributed by atoms with Gasteiger partial charge in [-0.15, -0.1) is 0 Å². The number of aryl methyl sites for hydroxylation is 1. The molecule has 0 saturated carbocycles. The van der Waals surface area contributed by atoms with Crippen LogP contribution in [-0.2, 0) is 21.2 Å². The van der Waals surface area contributed by atoms with Gasteiger partial charge in [0.2, 0.25) is 10.0 Å². The average molecular weight is 358 g/mol. The number of benzene rings is 1. The zero-order chi connectivity index (χ0) is 17.3. The van der Waals surface area contributed by atoms with E-state index in [4.69, 9.17) is 9.72 Å². The smallest absolute Gasteiger partial charge is 0.222 e. The Hall–Kier alpha value is -1.76. The highest BCUT2D eigenvalue weighted by molar-refractivity contribution is 7.89. The SMILES string of the molecule is O=S(=O)(C1CCCc2ccc(-c3ccccc3)nc21)N1CCOCC1. The van der Waals surface area contributed by atoms with E-state index in [1.165, 1.54) is 0 Å². The minimum Gasteiger partial charge on any atom is -0.379 e. The molecule has 0 spiro atoms. The number of nitrogens with zero attached hydrogens (tertiary/aromatic N) is 2. The number of rotatable bonds is 3. The van der Waals surface area contributed by atoms with Crippen LogP contribution in [0.2, 0.25) is 0 Å². The molecule has 2 aromatic rings. The molecule has 1 aliphatic heterocycles. The van der Waals surface area contributed by atoms with E-state index in [0.717, 1.165) is 35.4 Å². The highest BCUT2D eigenvalue weighted by atomic mass is 32.2. The molecule has 5 nitrogen and oxygen atoms in total. The van der Waals surface area contributed by atoms with Gasteiger partial charge in [0.15, 0.2) is 0 Å². The number of morpholine rings is 1. The molecule has 0 bridgehead atoms. The molecule has 1 saturated heterocycles. The summed E-state index contributed by atoms with van der Waals surface area (Å²) in [5, 5.41) is -0.544. The Balaban J connectivity index is 1.73. The monoisotopic (exact) mass is 358 g/mol. The van der Waals surface area contributed by atoms with Crippen molar-refractivity contribution in [3.8, 4) is 11.3 Å². The predicted octanol–water partition coefficient (Wildman–Crippen LogP) is 2.79. The summed E-state index contributed by atoms with van der Waals surface area (Å²) in [6, 6.07) is 14.0. The summed E-state index contributed by atoms with van der Waals surface area (Å²) in [5.74, 6) is 0. The van der Waals surface area contributed by atoms with Crippen LogP contribution < -0.4 is 0 Å². The van der Waals surface area contributed by atoms with Crippen molar-refractivity contribution in [1.29, 1.82) is 0 Å². The van der Waals surface area contributed by atoms with Crippen LogP contribution in [0.5, 0.6) is 0 Å². The lowest BCUT2D eigenvalue weighted by Gasteiger charge is -2.32. The molecule has 4 rings (SSSR count). The van der Waals surface area contributed by atoms with E-state index < -0.39 is 15.3 Å². The van der Waals surface area contributed by atoms with Crippen molar-refractivity contribution >= 4 is 10.0 Å². The minimum absolute atomic E-state index is 0.437. The maximum Gasteiger partial charge on any atom is 0.222 e. The first-order chi connectivity index (χ1) is 12.2. The maximum absolute atomic E-state index is 13.2. The molecule has 1 aromatic heterocycles. The van der Waals surface area contributed by atoms with Crippen molar-refractivity contribution < 1.29 is 13.2 Å². The van der Waals surface area contributed by atoms with Crippen LogP contribution in [0.25, 0.3) is 11.3 Å².